The Bertz CT molecular complexity index is 1470. The molecule has 0 bridgehead atoms. The molecule has 0 radical (unpaired) electrons. The molecule has 1 aliphatic rings. The first-order valence-corrected chi connectivity index (χ1v) is 10.5. The highest BCUT2D eigenvalue weighted by Gasteiger charge is 2.42. The van der Waals surface area contributed by atoms with Crippen molar-refractivity contribution in [2.75, 3.05) is 0 Å². The van der Waals surface area contributed by atoms with Crippen molar-refractivity contribution in [1.29, 1.82) is 0 Å². The Hall–Kier alpha value is -4.26. The predicted molar refractivity (Wildman–Crippen MR) is 123 cm³/mol. The van der Waals surface area contributed by atoms with E-state index in [1.807, 2.05) is 44.2 Å². The molecule has 0 unspecified atom stereocenters. The van der Waals surface area contributed by atoms with Crippen LogP contribution in [-0.2, 0) is 6.54 Å². The van der Waals surface area contributed by atoms with Gasteiger partial charge >= 0.3 is 0 Å². The van der Waals surface area contributed by atoms with E-state index in [0.29, 0.717) is 16.5 Å². The number of nitro benzene ring substituents is 1. The van der Waals surface area contributed by atoms with Crippen LogP contribution in [-0.4, -0.2) is 15.7 Å². The number of rotatable bonds is 4. The average molecular weight is 440 g/mol. The van der Waals surface area contributed by atoms with Crippen LogP contribution in [0.4, 0.5) is 5.69 Å². The molecule has 0 spiro atoms. The van der Waals surface area contributed by atoms with E-state index in [0.717, 1.165) is 16.7 Å². The third kappa shape index (κ3) is 3.38. The number of hydrogen-bond acceptors (Lipinski definition) is 5. The van der Waals surface area contributed by atoms with Gasteiger partial charge in [0.1, 0.15) is 5.58 Å². The van der Waals surface area contributed by atoms with Crippen LogP contribution in [0.15, 0.2) is 75.9 Å². The fraction of sp³-hybridized carbons (Fsp3) is 0.154. The lowest BCUT2D eigenvalue weighted by Gasteiger charge is -2.25. The summed E-state index contributed by atoms with van der Waals surface area (Å²) in [4.78, 5) is 39.4. The average Bonchev–Trinajstić information content (AvgIpc) is 3.08. The first kappa shape index (κ1) is 20.6. The molecule has 7 heteroatoms. The minimum atomic E-state index is -0.712. The Morgan fingerprint density at radius 3 is 2.30 bits per heavy atom. The van der Waals surface area contributed by atoms with Gasteiger partial charge in [-0.3, -0.25) is 19.7 Å². The molecule has 1 aliphatic heterocycles. The lowest BCUT2D eigenvalue weighted by Crippen LogP contribution is -2.29. The van der Waals surface area contributed by atoms with Gasteiger partial charge in [0.2, 0.25) is 5.76 Å². The van der Waals surface area contributed by atoms with E-state index in [1.165, 1.54) is 12.1 Å². The molecule has 1 atom stereocenters. The summed E-state index contributed by atoms with van der Waals surface area (Å²) in [5.41, 5.74) is 3.74. The maximum Gasteiger partial charge on any atom is 0.291 e. The highest BCUT2D eigenvalue weighted by atomic mass is 16.6. The number of amides is 1. The molecular weight excluding hydrogens is 420 g/mol. The van der Waals surface area contributed by atoms with Crippen LogP contribution in [0.2, 0.25) is 0 Å². The monoisotopic (exact) mass is 440 g/mol. The molecule has 2 heterocycles. The third-order valence-electron chi connectivity index (χ3n) is 6.20. The molecule has 0 saturated heterocycles. The topological polar surface area (TPSA) is 93.7 Å². The summed E-state index contributed by atoms with van der Waals surface area (Å²) in [6, 6.07) is 18.3. The van der Waals surface area contributed by atoms with Gasteiger partial charge in [0, 0.05) is 18.7 Å². The minimum Gasteiger partial charge on any atom is -0.450 e. The van der Waals surface area contributed by atoms with E-state index in [2.05, 4.69) is 0 Å². The number of nitro groups is 1. The number of benzene rings is 3. The summed E-state index contributed by atoms with van der Waals surface area (Å²) in [5, 5.41) is 11.5. The van der Waals surface area contributed by atoms with Crippen LogP contribution in [0.1, 0.15) is 44.4 Å². The lowest BCUT2D eigenvalue weighted by atomic mass is 9.97. The van der Waals surface area contributed by atoms with Gasteiger partial charge < -0.3 is 9.32 Å². The van der Waals surface area contributed by atoms with Crippen LogP contribution < -0.4 is 5.43 Å². The Labute approximate surface area is 189 Å². The molecule has 7 nitrogen and oxygen atoms in total. The first-order chi connectivity index (χ1) is 15.8. The summed E-state index contributed by atoms with van der Waals surface area (Å²) < 4.78 is 6.02. The molecule has 3 aromatic carbocycles. The molecule has 5 rings (SSSR count). The maximum absolute atomic E-state index is 13.6. The second-order valence-electron chi connectivity index (χ2n) is 8.28. The molecule has 4 aromatic rings. The fourth-order valence-corrected chi connectivity index (χ4v) is 4.34. The summed E-state index contributed by atoms with van der Waals surface area (Å²) >= 11 is 0. The van der Waals surface area contributed by atoms with Crippen LogP contribution in [0.5, 0.6) is 0 Å². The Kier molecular flexibility index (Phi) is 4.82. The van der Waals surface area contributed by atoms with E-state index >= 15 is 0 Å². The van der Waals surface area contributed by atoms with Gasteiger partial charge in [-0.2, -0.15) is 0 Å². The second-order valence-corrected chi connectivity index (χ2v) is 8.28. The van der Waals surface area contributed by atoms with Gasteiger partial charge in [0.25, 0.3) is 11.6 Å². The smallest absolute Gasteiger partial charge is 0.291 e. The summed E-state index contributed by atoms with van der Waals surface area (Å²) in [7, 11) is 0. The summed E-state index contributed by atoms with van der Waals surface area (Å²) in [6.07, 6.45) is 0. The van der Waals surface area contributed by atoms with Crippen molar-refractivity contribution in [3.05, 3.63) is 121 Å². The quantitative estimate of drug-likeness (QED) is 0.326. The largest absolute Gasteiger partial charge is 0.450 e. The minimum absolute atomic E-state index is 0.0232. The number of fused-ring (bicyclic) bond motifs is 2. The summed E-state index contributed by atoms with van der Waals surface area (Å²) in [5.74, 6) is -0.357. The molecular formula is C26H20N2O5. The van der Waals surface area contributed by atoms with Crippen LogP contribution in [0, 0.1) is 24.0 Å². The Morgan fingerprint density at radius 1 is 0.970 bits per heavy atom. The van der Waals surface area contributed by atoms with Gasteiger partial charge in [0.15, 0.2) is 5.43 Å². The summed E-state index contributed by atoms with van der Waals surface area (Å²) in [6.45, 7) is 4.10. The van der Waals surface area contributed by atoms with Crippen molar-refractivity contribution in [2.24, 2.45) is 0 Å². The Balaban J connectivity index is 1.73. The zero-order valence-corrected chi connectivity index (χ0v) is 18.1. The van der Waals surface area contributed by atoms with Gasteiger partial charge in [-0.25, -0.2) is 0 Å². The molecule has 33 heavy (non-hydrogen) atoms. The highest BCUT2D eigenvalue weighted by molar-refractivity contribution is 5.99. The predicted octanol–water partition coefficient (Wildman–Crippen LogP) is 5.06. The van der Waals surface area contributed by atoms with Gasteiger partial charge in [0.05, 0.1) is 21.9 Å². The van der Waals surface area contributed by atoms with Gasteiger partial charge in [-0.05, 0) is 60.4 Å². The molecule has 0 fully saturated rings. The number of non-ortho nitro benzene ring substituents is 1. The zero-order chi connectivity index (χ0) is 23.3. The lowest BCUT2D eigenvalue weighted by molar-refractivity contribution is -0.384. The standard InChI is InChI=1S/C26H20N2O5/c1-15-12-20-21(13-16(15)2)33-25-22(24(20)29)23(18-8-10-19(11-9-18)28(31)32)27(26(25)30)14-17-6-4-3-5-7-17/h3-13,23H,14H2,1-2H3/t23-/m0/s1. The SMILES string of the molecule is Cc1cc2oc3c(c(=O)c2cc1C)[C@H](c1ccc([N+](=O)[O-])cc1)N(Cc1ccccc1)C3=O. The molecule has 164 valence electrons. The van der Waals surface area contributed by atoms with E-state index in [9.17, 15) is 19.7 Å². The number of nitrogens with zero attached hydrogens (tertiary/aromatic N) is 2. The first-order valence-electron chi connectivity index (χ1n) is 10.5. The van der Waals surface area contributed by atoms with E-state index in [-0.39, 0.29) is 34.9 Å². The van der Waals surface area contributed by atoms with E-state index < -0.39 is 11.0 Å². The number of carbonyl (C=O) groups is 1. The maximum atomic E-state index is 13.6. The normalized spacial score (nSPS) is 15.2. The second kappa shape index (κ2) is 7.70. The molecule has 1 amide bonds. The van der Waals surface area contributed by atoms with Crippen LogP contribution in [0.3, 0.4) is 0 Å². The zero-order valence-electron chi connectivity index (χ0n) is 18.1. The highest BCUT2D eigenvalue weighted by Crippen LogP contribution is 2.39. The van der Waals surface area contributed by atoms with Crippen molar-refractivity contribution < 1.29 is 14.1 Å². The molecule has 0 N–H and O–H groups in total. The van der Waals surface area contributed by atoms with Crippen molar-refractivity contribution >= 4 is 22.6 Å². The van der Waals surface area contributed by atoms with Crippen molar-refractivity contribution in [2.45, 2.75) is 26.4 Å². The third-order valence-corrected chi connectivity index (χ3v) is 6.20. The number of aryl methyl sites for hydroxylation is 2. The van der Waals surface area contributed by atoms with Crippen molar-refractivity contribution in [3.63, 3.8) is 0 Å². The molecule has 0 saturated carbocycles. The molecule has 1 aromatic heterocycles. The van der Waals surface area contributed by atoms with E-state index in [1.54, 1.807) is 29.2 Å². The van der Waals surface area contributed by atoms with Crippen molar-refractivity contribution in [3.8, 4) is 0 Å². The van der Waals surface area contributed by atoms with Crippen molar-refractivity contribution in [1.82, 2.24) is 4.90 Å². The Morgan fingerprint density at radius 2 is 1.64 bits per heavy atom. The van der Waals surface area contributed by atoms with E-state index in [4.69, 9.17) is 4.42 Å². The van der Waals surface area contributed by atoms with Gasteiger partial charge in [-0.1, -0.05) is 30.3 Å². The molecule has 0 aliphatic carbocycles. The fourth-order valence-electron chi connectivity index (χ4n) is 4.34. The van der Waals surface area contributed by atoms with Crippen LogP contribution >= 0.6 is 0 Å². The number of carbonyl (C=O) groups excluding carboxylic acids is 1. The van der Waals surface area contributed by atoms with Gasteiger partial charge in [-0.15, -0.1) is 0 Å². The number of hydrogen-bond donors (Lipinski definition) is 0. The van der Waals surface area contributed by atoms with Crippen LogP contribution in [0.25, 0.3) is 11.0 Å².